The van der Waals surface area contributed by atoms with E-state index in [1.165, 1.54) is 31.4 Å². The first-order valence-corrected chi connectivity index (χ1v) is 7.12. The highest BCUT2D eigenvalue weighted by molar-refractivity contribution is 7.71. The predicted molar refractivity (Wildman–Crippen MR) is 73.9 cm³/mol. The van der Waals surface area contributed by atoms with Gasteiger partial charge in [-0.2, -0.15) is 0 Å². The lowest BCUT2D eigenvalue weighted by Gasteiger charge is -2.26. The van der Waals surface area contributed by atoms with E-state index in [0.717, 1.165) is 28.4 Å². The molecular weight excluding hydrogens is 228 g/mol. The van der Waals surface area contributed by atoms with E-state index in [1.807, 2.05) is 0 Å². The molecule has 0 saturated heterocycles. The summed E-state index contributed by atoms with van der Waals surface area (Å²) in [7, 11) is 0. The Kier molecular flexibility index (Phi) is 3.97. The third kappa shape index (κ3) is 2.76. The van der Waals surface area contributed by atoms with Crippen molar-refractivity contribution in [1.82, 2.24) is 9.97 Å². The van der Waals surface area contributed by atoms with Crippen molar-refractivity contribution in [2.75, 3.05) is 0 Å². The van der Waals surface area contributed by atoms with Crippen LogP contribution >= 0.6 is 12.2 Å². The Morgan fingerprint density at radius 2 is 1.94 bits per heavy atom. The van der Waals surface area contributed by atoms with Gasteiger partial charge in [-0.1, -0.05) is 38.9 Å². The average Bonchev–Trinajstić information content (AvgIpc) is 2.33. The van der Waals surface area contributed by atoms with Crippen LogP contribution in [0, 0.1) is 17.5 Å². The van der Waals surface area contributed by atoms with Gasteiger partial charge in [0, 0.05) is 17.2 Å². The third-order valence-corrected chi connectivity index (χ3v) is 4.43. The monoisotopic (exact) mass is 250 g/mol. The van der Waals surface area contributed by atoms with Crippen molar-refractivity contribution in [3.8, 4) is 0 Å². The van der Waals surface area contributed by atoms with Crippen LogP contribution in [-0.4, -0.2) is 9.97 Å². The summed E-state index contributed by atoms with van der Waals surface area (Å²) < 4.78 is 0.786. The lowest BCUT2D eigenvalue weighted by molar-refractivity contribution is 0.339. The predicted octanol–water partition coefficient (Wildman–Crippen LogP) is 4.30. The minimum atomic E-state index is 0.596. The van der Waals surface area contributed by atoms with Crippen molar-refractivity contribution in [3.63, 3.8) is 0 Å². The zero-order chi connectivity index (χ0) is 12.4. The first kappa shape index (κ1) is 12.7. The van der Waals surface area contributed by atoms with Crippen molar-refractivity contribution in [2.24, 2.45) is 5.92 Å². The fourth-order valence-electron chi connectivity index (χ4n) is 2.68. The van der Waals surface area contributed by atoms with Crippen molar-refractivity contribution in [1.29, 1.82) is 0 Å². The summed E-state index contributed by atoms with van der Waals surface area (Å²) in [6.07, 6.45) is 6.16. The molecule has 0 aliphatic heterocycles. The van der Waals surface area contributed by atoms with Crippen LogP contribution in [0.3, 0.4) is 0 Å². The topological polar surface area (TPSA) is 28.7 Å². The second-order valence-corrected chi connectivity index (χ2v) is 5.73. The molecule has 0 bridgehead atoms. The molecule has 0 aromatic carbocycles. The number of rotatable bonds is 2. The van der Waals surface area contributed by atoms with E-state index in [-0.39, 0.29) is 0 Å². The molecule has 0 unspecified atom stereocenters. The molecule has 1 N–H and O–H groups in total. The molecule has 1 aromatic rings. The Morgan fingerprint density at radius 3 is 2.53 bits per heavy atom. The number of aryl methyl sites for hydroxylation is 1. The Morgan fingerprint density at radius 1 is 1.29 bits per heavy atom. The quantitative estimate of drug-likeness (QED) is 0.793. The molecule has 1 fully saturated rings. The van der Waals surface area contributed by atoms with Crippen molar-refractivity contribution in [3.05, 3.63) is 21.7 Å². The summed E-state index contributed by atoms with van der Waals surface area (Å²) in [5.41, 5.74) is 2.41. The number of aromatic amines is 1. The first-order valence-electron chi connectivity index (χ1n) is 6.71. The van der Waals surface area contributed by atoms with E-state index >= 15 is 0 Å². The molecule has 3 heteroatoms. The van der Waals surface area contributed by atoms with Crippen LogP contribution in [-0.2, 0) is 6.42 Å². The Labute approximate surface area is 109 Å². The first-order chi connectivity index (χ1) is 8.11. The average molecular weight is 250 g/mol. The van der Waals surface area contributed by atoms with Gasteiger partial charge < -0.3 is 4.98 Å². The van der Waals surface area contributed by atoms with Gasteiger partial charge in [-0.05, 0) is 32.1 Å². The summed E-state index contributed by atoms with van der Waals surface area (Å²) in [4.78, 5) is 8.10. The van der Waals surface area contributed by atoms with E-state index < -0.39 is 0 Å². The molecule has 94 valence electrons. The Bertz CT molecular complexity index is 442. The minimum Gasteiger partial charge on any atom is -0.347 e. The highest BCUT2D eigenvalue weighted by atomic mass is 32.1. The molecule has 1 heterocycles. The molecule has 17 heavy (non-hydrogen) atoms. The lowest BCUT2D eigenvalue weighted by Crippen LogP contribution is -2.15. The van der Waals surface area contributed by atoms with Gasteiger partial charge in [0.15, 0.2) is 0 Å². The molecule has 0 spiro atoms. The minimum absolute atomic E-state index is 0.596. The molecular formula is C14H22N2S. The maximum absolute atomic E-state index is 5.36. The lowest BCUT2D eigenvalue weighted by atomic mass is 9.82. The molecule has 1 aliphatic rings. The third-order valence-electron chi connectivity index (χ3n) is 4.03. The molecule has 2 rings (SSSR count). The zero-order valence-corrected chi connectivity index (χ0v) is 11.9. The Hall–Kier alpha value is -0.700. The van der Waals surface area contributed by atoms with Crippen molar-refractivity contribution in [2.45, 2.75) is 58.8 Å². The van der Waals surface area contributed by atoms with Crippen molar-refractivity contribution >= 4 is 12.2 Å². The maximum atomic E-state index is 5.36. The molecule has 0 radical (unpaired) electrons. The van der Waals surface area contributed by atoms with Crippen LogP contribution in [0.1, 0.15) is 62.5 Å². The molecule has 1 saturated carbocycles. The van der Waals surface area contributed by atoms with Gasteiger partial charge in [-0.3, -0.25) is 0 Å². The summed E-state index contributed by atoms with van der Waals surface area (Å²) in [6.45, 7) is 6.58. The highest BCUT2D eigenvalue weighted by Gasteiger charge is 2.21. The van der Waals surface area contributed by atoms with Crippen LogP contribution in [0.5, 0.6) is 0 Å². The molecule has 2 nitrogen and oxygen atoms in total. The van der Waals surface area contributed by atoms with Gasteiger partial charge in [0.2, 0.25) is 0 Å². The van der Waals surface area contributed by atoms with Gasteiger partial charge >= 0.3 is 0 Å². The SMILES string of the molecule is CCc1[nH]c(C2CCC(C)CC2)nc(=S)c1C. The smallest absolute Gasteiger partial charge is 0.132 e. The summed E-state index contributed by atoms with van der Waals surface area (Å²) >= 11 is 5.36. The van der Waals surface area contributed by atoms with Gasteiger partial charge in [-0.15, -0.1) is 0 Å². The van der Waals surface area contributed by atoms with Gasteiger partial charge in [0.1, 0.15) is 10.5 Å². The Balaban J connectivity index is 2.27. The van der Waals surface area contributed by atoms with Gasteiger partial charge in [0.25, 0.3) is 0 Å². The van der Waals surface area contributed by atoms with Crippen molar-refractivity contribution < 1.29 is 0 Å². The molecule has 1 aromatic heterocycles. The second-order valence-electron chi connectivity index (χ2n) is 5.34. The van der Waals surface area contributed by atoms with Crippen LogP contribution in [0.15, 0.2) is 0 Å². The van der Waals surface area contributed by atoms with E-state index in [9.17, 15) is 0 Å². The number of hydrogen-bond donors (Lipinski definition) is 1. The zero-order valence-electron chi connectivity index (χ0n) is 11.0. The van der Waals surface area contributed by atoms with Crippen LogP contribution < -0.4 is 0 Å². The van der Waals surface area contributed by atoms with Crippen LogP contribution in [0.4, 0.5) is 0 Å². The normalized spacial score (nSPS) is 24.9. The largest absolute Gasteiger partial charge is 0.347 e. The fourth-order valence-corrected chi connectivity index (χ4v) is 2.90. The number of H-pyrrole nitrogens is 1. The molecule has 0 amide bonds. The second kappa shape index (κ2) is 5.30. The van der Waals surface area contributed by atoms with Crippen LogP contribution in [0.25, 0.3) is 0 Å². The summed E-state index contributed by atoms with van der Waals surface area (Å²) in [6, 6.07) is 0. The van der Waals surface area contributed by atoms with Gasteiger partial charge in [0.05, 0.1) is 0 Å². The summed E-state index contributed by atoms with van der Waals surface area (Å²) in [5.74, 6) is 2.61. The van der Waals surface area contributed by atoms with E-state index in [0.29, 0.717) is 5.92 Å². The summed E-state index contributed by atoms with van der Waals surface area (Å²) in [5, 5.41) is 0. The van der Waals surface area contributed by atoms with E-state index in [1.54, 1.807) is 0 Å². The molecule has 0 atom stereocenters. The number of nitrogens with one attached hydrogen (secondary N) is 1. The standard InChI is InChI=1S/C14H22N2S/c1-4-12-10(3)14(17)16-13(15-12)11-7-5-9(2)6-8-11/h9,11H,4-8H2,1-3H3,(H,15,16,17). The highest BCUT2D eigenvalue weighted by Crippen LogP contribution is 2.34. The maximum Gasteiger partial charge on any atom is 0.132 e. The number of hydrogen-bond acceptors (Lipinski definition) is 2. The van der Waals surface area contributed by atoms with E-state index in [4.69, 9.17) is 12.2 Å². The number of nitrogens with zero attached hydrogens (tertiary/aromatic N) is 1. The fraction of sp³-hybridized carbons (Fsp3) is 0.714. The van der Waals surface area contributed by atoms with E-state index in [2.05, 4.69) is 30.7 Å². The van der Waals surface area contributed by atoms with Gasteiger partial charge in [-0.25, -0.2) is 4.98 Å². The number of aromatic nitrogens is 2. The van der Waals surface area contributed by atoms with Crippen LogP contribution in [0.2, 0.25) is 0 Å². The molecule has 1 aliphatic carbocycles.